The van der Waals surface area contributed by atoms with Crippen LogP contribution in [0.4, 0.5) is 15.9 Å². The minimum Gasteiger partial charge on any atom is -0.493 e. The Hall–Kier alpha value is -3.66. The van der Waals surface area contributed by atoms with Crippen molar-refractivity contribution in [1.29, 1.82) is 0 Å². The molecule has 0 saturated carbocycles. The highest BCUT2D eigenvalue weighted by molar-refractivity contribution is 7.90. The Kier molecular flexibility index (Phi) is 8.91. The molecule has 1 atom stereocenters. The summed E-state index contributed by atoms with van der Waals surface area (Å²) in [5.74, 6) is -0.256. The zero-order chi connectivity index (χ0) is 29.9. The number of halogens is 1. The number of carbonyl (C=O) groups excluding carboxylic acids is 1. The fourth-order valence-electron chi connectivity index (χ4n) is 5.05. The summed E-state index contributed by atoms with van der Waals surface area (Å²) < 4.78 is 48.7. The maximum Gasteiger partial charge on any atom is 0.268 e. The third-order valence-corrected chi connectivity index (χ3v) is 8.93. The van der Waals surface area contributed by atoms with Gasteiger partial charge in [-0.2, -0.15) is 0 Å². The number of nitrogens with zero attached hydrogens (tertiary/aromatic N) is 2. The highest BCUT2D eigenvalue weighted by atomic mass is 32.2. The Morgan fingerprint density at radius 1 is 1.20 bits per heavy atom. The summed E-state index contributed by atoms with van der Waals surface area (Å²) in [6.45, 7) is 11.6. The molecule has 0 bridgehead atoms. The van der Waals surface area contributed by atoms with E-state index in [0.29, 0.717) is 36.0 Å². The van der Waals surface area contributed by atoms with Gasteiger partial charge in [0.05, 0.1) is 22.8 Å². The van der Waals surface area contributed by atoms with Crippen LogP contribution in [0.3, 0.4) is 0 Å². The molecule has 2 aromatic carbocycles. The Bertz CT molecular complexity index is 1520. The molecule has 41 heavy (non-hydrogen) atoms. The maximum atomic E-state index is 14.6. The zero-order valence-electron chi connectivity index (χ0n) is 24.3. The number of sulfonamides is 1. The molecule has 1 saturated heterocycles. The smallest absolute Gasteiger partial charge is 0.268 e. The Morgan fingerprint density at radius 2 is 1.95 bits per heavy atom. The van der Waals surface area contributed by atoms with Crippen molar-refractivity contribution in [2.24, 2.45) is 11.3 Å². The van der Waals surface area contributed by atoms with E-state index in [-0.39, 0.29) is 33.5 Å². The fraction of sp³-hybridized carbons (Fsp3) is 0.419. The molecule has 220 valence electrons. The van der Waals surface area contributed by atoms with Crippen LogP contribution in [0.15, 0.2) is 59.5 Å². The number of nitrogens with one attached hydrogen (secondary N) is 1. The van der Waals surface area contributed by atoms with Gasteiger partial charge in [0.1, 0.15) is 17.4 Å². The summed E-state index contributed by atoms with van der Waals surface area (Å²) in [5.41, 5.74) is 7.01. The molecule has 4 rings (SSSR count). The monoisotopic (exact) mass is 582 g/mol. The number of amides is 1. The van der Waals surface area contributed by atoms with Gasteiger partial charge in [0, 0.05) is 29.9 Å². The van der Waals surface area contributed by atoms with Gasteiger partial charge in [0.15, 0.2) is 0 Å². The number of nitrogen functional groups attached to an aromatic ring is 1. The average Bonchev–Trinajstić information content (AvgIpc) is 3.42. The highest BCUT2D eigenvalue weighted by Crippen LogP contribution is 2.40. The van der Waals surface area contributed by atoms with E-state index in [1.54, 1.807) is 24.3 Å². The van der Waals surface area contributed by atoms with Gasteiger partial charge in [0.25, 0.3) is 15.9 Å². The molecule has 0 spiro atoms. The van der Waals surface area contributed by atoms with Crippen molar-refractivity contribution in [3.05, 3.63) is 66.0 Å². The number of anilines is 2. The molecule has 0 radical (unpaired) electrons. The van der Waals surface area contributed by atoms with E-state index in [1.807, 2.05) is 13.8 Å². The molecule has 1 unspecified atom stereocenters. The molecule has 1 aliphatic heterocycles. The van der Waals surface area contributed by atoms with E-state index in [2.05, 4.69) is 30.4 Å². The topological polar surface area (TPSA) is 115 Å². The third kappa shape index (κ3) is 6.98. The molecule has 10 heteroatoms. The first-order chi connectivity index (χ1) is 19.3. The molecule has 1 aromatic heterocycles. The largest absolute Gasteiger partial charge is 0.493 e. The normalized spacial score (nSPS) is 15.8. The number of nitrogens with two attached hydrogens (primary N) is 1. The fourth-order valence-corrected chi connectivity index (χ4v) is 6.07. The third-order valence-electron chi connectivity index (χ3n) is 7.60. The van der Waals surface area contributed by atoms with E-state index >= 15 is 0 Å². The van der Waals surface area contributed by atoms with Crippen LogP contribution < -0.4 is 20.1 Å². The summed E-state index contributed by atoms with van der Waals surface area (Å²) in [6.07, 6.45) is 2.71. The van der Waals surface area contributed by atoms with Crippen molar-refractivity contribution in [2.45, 2.75) is 64.8 Å². The van der Waals surface area contributed by atoms with Gasteiger partial charge in [-0.25, -0.2) is 22.5 Å². The van der Waals surface area contributed by atoms with Crippen LogP contribution in [0.1, 0.15) is 64.2 Å². The number of ether oxygens (including phenoxy) is 1. The van der Waals surface area contributed by atoms with Crippen LogP contribution in [0.5, 0.6) is 5.75 Å². The number of carbonyl (C=O) groups is 1. The summed E-state index contributed by atoms with van der Waals surface area (Å²) in [7, 11) is -4.20. The number of benzene rings is 2. The molecule has 3 N–H and O–H groups in total. The van der Waals surface area contributed by atoms with Gasteiger partial charge in [-0.1, -0.05) is 40.7 Å². The standard InChI is InChI=1S/C31H39FN4O4S/c1-6-31(4,5)28-11-8-14-36(28)29-26(30(37)35-41(38,39)25-10-7-9-23(33)18-25)12-13-27(34-29)21-15-22(32)17-24(16-21)40-19-20(2)3/h7,9-10,12-13,15-18,20,28H,6,8,11,14,19,33H2,1-5H3,(H,35,37). The highest BCUT2D eigenvalue weighted by Gasteiger charge is 2.38. The zero-order valence-corrected chi connectivity index (χ0v) is 25.1. The van der Waals surface area contributed by atoms with E-state index < -0.39 is 21.7 Å². The first-order valence-electron chi connectivity index (χ1n) is 13.9. The number of aromatic nitrogens is 1. The summed E-state index contributed by atoms with van der Waals surface area (Å²) >= 11 is 0. The number of pyridine rings is 1. The Morgan fingerprint density at radius 3 is 2.63 bits per heavy atom. The predicted molar refractivity (Wildman–Crippen MR) is 160 cm³/mol. The van der Waals surface area contributed by atoms with Gasteiger partial charge in [-0.15, -0.1) is 0 Å². The van der Waals surface area contributed by atoms with Crippen molar-refractivity contribution in [1.82, 2.24) is 9.71 Å². The van der Waals surface area contributed by atoms with Crippen LogP contribution in [0.2, 0.25) is 0 Å². The van der Waals surface area contributed by atoms with E-state index in [0.717, 1.165) is 19.3 Å². The Balaban J connectivity index is 1.78. The van der Waals surface area contributed by atoms with E-state index in [4.69, 9.17) is 15.5 Å². The second kappa shape index (κ2) is 12.1. The summed E-state index contributed by atoms with van der Waals surface area (Å²) in [6, 6.07) is 13.4. The van der Waals surface area contributed by atoms with Gasteiger partial charge >= 0.3 is 0 Å². The molecule has 1 aliphatic rings. The van der Waals surface area contributed by atoms with Crippen LogP contribution >= 0.6 is 0 Å². The van der Waals surface area contributed by atoms with E-state index in [1.165, 1.54) is 30.3 Å². The van der Waals surface area contributed by atoms with Crippen LogP contribution in [-0.4, -0.2) is 38.5 Å². The molecule has 2 heterocycles. The number of hydrogen-bond donors (Lipinski definition) is 2. The molecule has 3 aromatic rings. The second-order valence-corrected chi connectivity index (χ2v) is 13.3. The number of hydrogen-bond acceptors (Lipinski definition) is 7. The molecule has 1 fully saturated rings. The van der Waals surface area contributed by atoms with Gasteiger partial charge in [-0.05, 0) is 73.1 Å². The first-order valence-corrected chi connectivity index (χ1v) is 15.4. The molecular weight excluding hydrogens is 543 g/mol. The van der Waals surface area contributed by atoms with E-state index in [9.17, 15) is 17.6 Å². The lowest BCUT2D eigenvalue weighted by atomic mass is 9.80. The van der Waals surface area contributed by atoms with Crippen molar-refractivity contribution in [3.63, 3.8) is 0 Å². The van der Waals surface area contributed by atoms with Crippen molar-refractivity contribution >= 4 is 27.4 Å². The van der Waals surface area contributed by atoms with Gasteiger partial charge in [-0.3, -0.25) is 4.79 Å². The summed E-state index contributed by atoms with van der Waals surface area (Å²) in [5, 5.41) is 0. The van der Waals surface area contributed by atoms with Crippen LogP contribution in [0.25, 0.3) is 11.3 Å². The summed E-state index contributed by atoms with van der Waals surface area (Å²) in [4.78, 5) is 20.4. The molecule has 8 nitrogen and oxygen atoms in total. The molecule has 1 amide bonds. The van der Waals surface area contributed by atoms with Crippen LogP contribution in [0, 0.1) is 17.2 Å². The van der Waals surface area contributed by atoms with Gasteiger partial charge in [0.2, 0.25) is 0 Å². The number of rotatable bonds is 10. The van der Waals surface area contributed by atoms with Crippen molar-refractivity contribution in [3.8, 4) is 17.0 Å². The lowest BCUT2D eigenvalue weighted by Crippen LogP contribution is -2.42. The first kappa shape index (κ1) is 30.3. The minimum atomic E-state index is -4.20. The lowest BCUT2D eigenvalue weighted by molar-refractivity contribution is 0.0981. The average molecular weight is 583 g/mol. The van der Waals surface area contributed by atoms with Crippen molar-refractivity contribution in [2.75, 3.05) is 23.8 Å². The molecular formula is C31H39FN4O4S. The quantitative estimate of drug-likeness (QED) is 0.281. The SMILES string of the molecule is CCC(C)(C)C1CCCN1c1nc(-c2cc(F)cc(OCC(C)C)c2)ccc1C(=O)NS(=O)(=O)c1cccc(N)c1. The van der Waals surface area contributed by atoms with Gasteiger partial charge < -0.3 is 15.4 Å². The molecule has 0 aliphatic carbocycles. The lowest BCUT2D eigenvalue weighted by Gasteiger charge is -2.38. The Labute approximate surface area is 242 Å². The van der Waals surface area contributed by atoms with Crippen LogP contribution in [-0.2, 0) is 10.0 Å². The minimum absolute atomic E-state index is 0.0739. The maximum absolute atomic E-state index is 14.6. The predicted octanol–water partition coefficient (Wildman–Crippen LogP) is 6.03. The second-order valence-electron chi connectivity index (χ2n) is 11.6. The van der Waals surface area contributed by atoms with Crippen molar-refractivity contribution < 1.29 is 22.3 Å².